The van der Waals surface area contributed by atoms with Gasteiger partial charge < -0.3 is 16.5 Å². The molecule has 0 aliphatic heterocycles. The van der Waals surface area contributed by atoms with E-state index in [9.17, 15) is 4.79 Å². The van der Waals surface area contributed by atoms with Gasteiger partial charge in [-0.3, -0.25) is 9.89 Å². The van der Waals surface area contributed by atoms with Crippen molar-refractivity contribution in [2.24, 2.45) is 10.2 Å². The van der Waals surface area contributed by atoms with Gasteiger partial charge in [-0.15, -0.1) is 5.11 Å². The van der Waals surface area contributed by atoms with Gasteiger partial charge in [0.25, 0.3) is 5.56 Å². The lowest BCUT2D eigenvalue weighted by atomic mass is 10.3. The maximum absolute atomic E-state index is 11.2. The van der Waals surface area contributed by atoms with Crippen LogP contribution in [0.5, 0.6) is 0 Å². The number of aromatic amines is 2. The molecule has 0 aliphatic rings. The summed E-state index contributed by atoms with van der Waals surface area (Å²) in [6.45, 7) is 0. The van der Waals surface area contributed by atoms with Crippen molar-refractivity contribution in [1.82, 2.24) is 20.2 Å². The SMILES string of the molecule is Nc1n[nH]c(N)c1N=Nc1ccc2ncc(=O)[nH]c2c1. The third kappa shape index (κ3) is 2.07. The van der Waals surface area contributed by atoms with E-state index in [1.165, 1.54) is 6.20 Å². The summed E-state index contributed by atoms with van der Waals surface area (Å²) in [6, 6.07) is 5.09. The second-order valence-corrected chi connectivity index (χ2v) is 4.02. The third-order valence-corrected chi connectivity index (χ3v) is 2.62. The van der Waals surface area contributed by atoms with E-state index < -0.39 is 0 Å². The van der Waals surface area contributed by atoms with E-state index in [-0.39, 0.29) is 22.9 Å². The van der Waals surface area contributed by atoms with Crippen molar-refractivity contribution in [2.45, 2.75) is 0 Å². The molecule has 0 saturated heterocycles. The van der Waals surface area contributed by atoms with Crippen molar-refractivity contribution in [2.75, 3.05) is 11.5 Å². The average Bonchev–Trinajstić information content (AvgIpc) is 2.75. The van der Waals surface area contributed by atoms with E-state index in [1.807, 2.05) is 0 Å². The first-order chi connectivity index (χ1) is 9.63. The molecule has 0 amide bonds. The molecule has 0 saturated carbocycles. The summed E-state index contributed by atoms with van der Waals surface area (Å²) in [5.74, 6) is 0.407. The number of hydrogen-bond donors (Lipinski definition) is 4. The van der Waals surface area contributed by atoms with E-state index in [1.54, 1.807) is 18.2 Å². The third-order valence-electron chi connectivity index (χ3n) is 2.62. The van der Waals surface area contributed by atoms with Gasteiger partial charge in [0.15, 0.2) is 11.5 Å². The van der Waals surface area contributed by atoms with Crippen molar-refractivity contribution in [1.29, 1.82) is 0 Å². The van der Waals surface area contributed by atoms with Crippen LogP contribution in [0, 0.1) is 0 Å². The van der Waals surface area contributed by atoms with Gasteiger partial charge >= 0.3 is 0 Å². The topological polar surface area (TPSA) is 151 Å². The fraction of sp³-hybridized carbons (Fsp3) is 0. The number of nitrogen functional groups attached to an aromatic ring is 2. The molecule has 20 heavy (non-hydrogen) atoms. The normalized spacial score (nSPS) is 11.4. The van der Waals surface area contributed by atoms with Crippen LogP contribution in [0.2, 0.25) is 0 Å². The molecule has 2 heterocycles. The monoisotopic (exact) mass is 270 g/mol. The highest BCUT2D eigenvalue weighted by molar-refractivity contribution is 5.77. The van der Waals surface area contributed by atoms with Crippen LogP contribution in [0.1, 0.15) is 0 Å². The van der Waals surface area contributed by atoms with Crippen LogP contribution in [0.3, 0.4) is 0 Å². The fourth-order valence-electron chi connectivity index (χ4n) is 1.67. The van der Waals surface area contributed by atoms with Crippen LogP contribution in [0.25, 0.3) is 11.0 Å². The van der Waals surface area contributed by atoms with Crippen LogP contribution in [0.15, 0.2) is 39.4 Å². The van der Waals surface area contributed by atoms with Crippen LogP contribution >= 0.6 is 0 Å². The number of aromatic nitrogens is 4. The molecule has 3 aromatic rings. The minimum Gasteiger partial charge on any atom is -0.382 e. The molecule has 0 atom stereocenters. The van der Waals surface area contributed by atoms with Crippen molar-refractivity contribution in [3.63, 3.8) is 0 Å². The minimum absolute atomic E-state index is 0.169. The quantitative estimate of drug-likeness (QED) is 0.516. The predicted octanol–water partition coefficient (Wildman–Crippen LogP) is 1.23. The number of nitrogens with zero attached hydrogens (tertiary/aromatic N) is 4. The van der Waals surface area contributed by atoms with E-state index in [0.29, 0.717) is 16.7 Å². The van der Waals surface area contributed by atoms with Crippen LogP contribution < -0.4 is 17.0 Å². The zero-order valence-corrected chi connectivity index (χ0v) is 10.2. The van der Waals surface area contributed by atoms with Gasteiger partial charge in [0.05, 0.1) is 22.9 Å². The predicted molar refractivity (Wildman–Crippen MR) is 74.0 cm³/mol. The number of H-pyrrole nitrogens is 2. The summed E-state index contributed by atoms with van der Waals surface area (Å²) in [5, 5.41) is 14.1. The first kappa shape index (κ1) is 11.8. The van der Waals surface area contributed by atoms with Gasteiger partial charge in [-0.1, -0.05) is 0 Å². The molecule has 6 N–H and O–H groups in total. The maximum Gasteiger partial charge on any atom is 0.266 e. The lowest BCUT2D eigenvalue weighted by molar-refractivity contribution is 1.11. The van der Waals surface area contributed by atoms with Crippen LogP contribution in [-0.2, 0) is 0 Å². The molecule has 0 bridgehead atoms. The van der Waals surface area contributed by atoms with Crippen molar-refractivity contribution in [3.05, 3.63) is 34.7 Å². The molecule has 3 rings (SSSR count). The molecule has 0 radical (unpaired) electrons. The van der Waals surface area contributed by atoms with E-state index in [2.05, 4.69) is 30.4 Å². The number of nitrogens with two attached hydrogens (primary N) is 2. The summed E-state index contributed by atoms with van der Waals surface area (Å²) in [5.41, 5.74) is 12.9. The highest BCUT2D eigenvalue weighted by Crippen LogP contribution is 2.28. The Balaban J connectivity index is 2.01. The number of azo groups is 1. The lowest BCUT2D eigenvalue weighted by Crippen LogP contribution is -2.04. The number of benzene rings is 1. The first-order valence-corrected chi connectivity index (χ1v) is 5.63. The summed E-state index contributed by atoms with van der Waals surface area (Å²) in [7, 11) is 0. The Morgan fingerprint density at radius 1 is 1.20 bits per heavy atom. The van der Waals surface area contributed by atoms with Gasteiger partial charge in [-0.2, -0.15) is 10.2 Å². The Bertz CT molecular complexity index is 843. The summed E-state index contributed by atoms with van der Waals surface area (Å²) in [6.07, 6.45) is 1.22. The second-order valence-electron chi connectivity index (χ2n) is 4.02. The molecule has 0 unspecified atom stereocenters. The van der Waals surface area contributed by atoms with Gasteiger partial charge in [0.1, 0.15) is 5.82 Å². The molecular weight excluding hydrogens is 260 g/mol. The summed E-state index contributed by atoms with van der Waals surface area (Å²) >= 11 is 0. The molecule has 0 aliphatic carbocycles. The number of fused-ring (bicyclic) bond motifs is 1. The van der Waals surface area contributed by atoms with Gasteiger partial charge in [-0.05, 0) is 18.2 Å². The van der Waals surface area contributed by atoms with Crippen molar-refractivity contribution in [3.8, 4) is 0 Å². The molecular formula is C11H10N8O. The largest absolute Gasteiger partial charge is 0.382 e. The van der Waals surface area contributed by atoms with Crippen LogP contribution in [0.4, 0.5) is 23.0 Å². The van der Waals surface area contributed by atoms with E-state index in [0.717, 1.165) is 0 Å². The molecule has 100 valence electrons. The average molecular weight is 270 g/mol. The second kappa shape index (κ2) is 4.46. The number of rotatable bonds is 2. The summed E-state index contributed by atoms with van der Waals surface area (Å²) in [4.78, 5) is 17.9. The fourth-order valence-corrected chi connectivity index (χ4v) is 1.67. The summed E-state index contributed by atoms with van der Waals surface area (Å²) < 4.78 is 0. The Hall–Kier alpha value is -3.23. The number of nitrogens with one attached hydrogen (secondary N) is 2. The van der Waals surface area contributed by atoms with E-state index >= 15 is 0 Å². The molecule has 0 fully saturated rings. The molecule has 2 aromatic heterocycles. The molecule has 0 spiro atoms. The van der Waals surface area contributed by atoms with Gasteiger partial charge in [0, 0.05) is 0 Å². The Kier molecular flexibility index (Phi) is 2.64. The highest BCUT2D eigenvalue weighted by atomic mass is 16.1. The molecule has 9 nitrogen and oxygen atoms in total. The van der Waals surface area contributed by atoms with Crippen molar-refractivity contribution >= 4 is 34.0 Å². The highest BCUT2D eigenvalue weighted by Gasteiger charge is 2.06. The zero-order valence-electron chi connectivity index (χ0n) is 10.2. The first-order valence-electron chi connectivity index (χ1n) is 5.63. The standard InChI is InChI=1S/C11H10N8O/c12-10-9(11(13)19-18-10)17-16-5-1-2-6-7(3-5)15-8(20)4-14-6/h1-4H,(H,15,20)(H5,12,13,18,19). The Morgan fingerprint density at radius 3 is 2.80 bits per heavy atom. The smallest absolute Gasteiger partial charge is 0.266 e. The van der Waals surface area contributed by atoms with Crippen LogP contribution in [-0.4, -0.2) is 20.2 Å². The molecule has 1 aromatic carbocycles. The number of hydrogen-bond acceptors (Lipinski definition) is 7. The Labute approximate surface area is 111 Å². The maximum atomic E-state index is 11.2. The van der Waals surface area contributed by atoms with Crippen molar-refractivity contribution < 1.29 is 0 Å². The minimum atomic E-state index is -0.282. The Morgan fingerprint density at radius 2 is 2.05 bits per heavy atom. The van der Waals surface area contributed by atoms with E-state index in [4.69, 9.17) is 11.5 Å². The molecule has 9 heteroatoms. The van der Waals surface area contributed by atoms with Gasteiger partial charge in [0.2, 0.25) is 0 Å². The zero-order chi connectivity index (χ0) is 14.1. The lowest BCUT2D eigenvalue weighted by Gasteiger charge is -1.97. The van der Waals surface area contributed by atoms with Gasteiger partial charge in [-0.25, -0.2) is 4.98 Å². The number of anilines is 2.